The summed E-state index contributed by atoms with van der Waals surface area (Å²) in [6, 6.07) is 1.57. The second kappa shape index (κ2) is 9.82. The maximum atomic E-state index is 13.6. The van der Waals surface area contributed by atoms with E-state index in [0.717, 1.165) is 64.2 Å². The summed E-state index contributed by atoms with van der Waals surface area (Å²) >= 11 is 0. The standard InChI is InChI=1S/C27H45N5O3/c1-17-15-30(27(34)35-23-8-9-24-20(12-23)4-3-11-28-24)26-13-19(5-10-25(26)32(17)18(2)33)21-14-29-31(16-21)22-6-7-22/h17,19-26,28-29H,3-16H2,1-2H3/t17-,19?,20?,21?,23?,24?,25?,26?/m0/s1. The summed E-state index contributed by atoms with van der Waals surface area (Å²) in [5.74, 6) is 2.01. The van der Waals surface area contributed by atoms with E-state index in [0.29, 0.717) is 30.3 Å². The predicted octanol–water partition coefficient (Wildman–Crippen LogP) is 2.73. The molecule has 0 aromatic heterocycles. The number of hydrogen-bond donors (Lipinski definition) is 2. The summed E-state index contributed by atoms with van der Waals surface area (Å²) in [5, 5.41) is 6.13. The molecule has 3 aliphatic heterocycles. The van der Waals surface area contributed by atoms with Gasteiger partial charge in [0, 0.05) is 44.7 Å². The molecule has 0 bridgehead atoms. The first kappa shape index (κ1) is 24.0. The molecular weight excluding hydrogens is 442 g/mol. The number of ether oxygens (including phenoxy) is 1. The van der Waals surface area contributed by atoms with Gasteiger partial charge in [-0.1, -0.05) is 0 Å². The Labute approximate surface area is 210 Å². The monoisotopic (exact) mass is 487 g/mol. The molecule has 2 amide bonds. The van der Waals surface area contributed by atoms with Crippen molar-refractivity contribution in [3.8, 4) is 0 Å². The molecule has 3 aliphatic carbocycles. The lowest BCUT2D eigenvalue weighted by Gasteiger charge is -2.54. The topological polar surface area (TPSA) is 77.2 Å². The van der Waals surface area contributed by atoms with Crippen LogP contribution in [0, 0.1) is 17.8 Å². The van der Waals surface area contributed by atoms with Gasteiger partial charge in [0.1, 0.15) is 6.10 Å². The summed E-state index contributed by atoms with van der Waals surface area (Å²) in [6.07, 6.45) is 11.2. The van der Waals surface area contributed by atoms with Crippen LogP contribution in [0.5, 0.6) is 0 Å². The molecule has 0 radical (unpaired) electrons. The van der Waals surface area contributed by atoms with Gasteiger partial charge >= 0.3 is 6.09 Å². The Hall–Kier alpha value is -1.38. The fourth-order valence-electron chi connectivity index (χ4n) is 8.21. The van der Waals surface area contributed by atoms with Crippen LogP contribution in [0.1, 0.15) is 78.1 Å². The van der Waals surface area contributed by atoms with E-state index in [-0.39, 0.29) is 36.2 Å². The highest BCUT2D eigenvalue weighted by Gasteiger charge is 2.49. The smallest absolute Gasteiger partial charge is 0.410 e. The first-order valence-corrected chi connectivity index (χ1v) is 14.5. The summed E-state index contributed by atoms with van der Waals surface area (Å²) in [4.78, 5) is 30.4. The maximum Gasteiger partial charge on any atom is 0.410 e. The molecule has 7 unspecified atom stereocenters. The average molecular weight is 488 g/mol. The van der Waals surface area contributed by atoms with Crippen molar-refractivity contribution in [2.24, 2.45) is 17.8 Å². The second-order valence-electron chi connectivity index (χ2n) is 12.4. The number of fused-ring (bicyclic) bond motifs is 2. The minimum atomic E-state index is -0.132. The summed E-state index contributed by atoms with van der Waals surface area (Å²) < 4.78 is 6.23. The van der Waals surface area contributed by atoms with E-state index in [9.17, 15) is 9.59 Å². The molecule has 3 heterocycles. The van der Waals surface area contributed by atoms with Gasteiger partial charge in [-0.3, -0.25) is 10.2 Å². The molecule has 8 nitrogen and oxygen atoms in total. The molecule has 0 aromatic rings. The highest BCUT2D eigenvalue weighted by Crippen LogP contribution is 2.41. The summed E-state index contributed by atoms with van der Waals surface area (Å²) in [5.41, 5.74) is 3.64. The molecule has 6 aliphatic rings. The number of hydrazine groups is 1. The van der Waals surface area contributed by atoms with Crippen LogP contribution in [0.2, 0.25) is 0 Å². The van der Waals surface area contributed by atoms with Gasteiger partial charge < -0.3 is 19.9 Å². The third kappa shape index (κ3) is 4.82. The van der Waals surface area contributed by atoms with E-state index in [2.05, 4.69) is 27.6 Å². The molecule has 8 heteroatoms. The Morgan fingerprint density at radius 3 is 2.54 bits per heavy atom. The molecule has 35 heavy (non-hydrogen) atoms. The SMILES string of the molecule is CC(=O)N1C2CCC(C3CNN(C4CC4)C3)CC2N(C(=O)OC2CCC3NCCCC3C2)C[C@@H]1C. The highest BCUT2D eigenvalue weighted by molar-refractivity contribution is 5.75. The van der Waals surface area contributed by atoms with Gasteiger partial charge in [0.2, 0.25) is 5.91 Å². The Kier molecular flexibility index (Phi) is 6.73. The molecule has 2 N–H and O–H groups in total. The first-order chi connectivity index (χ1) is 17.0. The average Bonchev–Trinajstić information content (AvgIpc) is 3.59. The van der Waals surface area contributed by atoms with Crippen molar-refractivity contribution in [1.82, 2.24) is 25.6 Å². The third-order valence-electron chi connectivity index (χ3n) is 10.1. The maximum absolute atomic E-state index is 13.6. The highest BCUT2D eigenvalue weighted by atomic mass is 16.6. The number of piperidine rings is 1. The van der Waals surface area contributed by atoms with Crippen LogP contribution in [0.3, 0.4) is 0 Å². The van der Waals surface area contributed by atoms with E-state index < -0.39 is 0 Å². The molecule has 196 valence electrons. The number of hydrogen-bond acceptors (Lipinski definition) is 6. The molecule has 3 saturated carbocycles. The number of nitrogens with one attached hydrogen (secondary N) is 2. The van der Waals surface area contributed by atoms with Crippen molar-refractivity contribution in [1.29, 1.82) is 0 Å². The number of nitrogens with zero attached hydrogens (tertiary/aromatic N) is 3. The Bertz CT molecular complexity index is 806. The van der Waals surface area contributed by atoms with Gasteiger partial charge in [0.15, 0.2) is 0 Å². The van der Waals surface area contributed by atoms with Crippen molar-refractivity contribution < 1.29 is 14.3 Å². The number of carbonyl (C=O) groups excluding carboxylic acids is 2. The molecule has 0 aromatic carbocycles. The molecule has 0 spiro atoms. The first-order valence-electron chi connectivity index (χ1n) is 14.5. The number of carbonyl (C=O) groups is 2. The van der Waals surface area contributed by atoms with Gasteiger partial charge in [-0.05, 0) is 95.4 Å². The van der Waals surface area contributed by atoms with E-state index in [1.165, 1.54) is 25.7 Å². The van der Waals surface area contributed by atoms with Crippen LogP contribution in [0.25, 0.3) is 0 Å². The van der Waals surface area contributed by atoms with E-state index in [1.807, 2.05) is 4.90 Å². The zero-order valence-corrected chi connectivity index (χ0v) is 21.7. The largest absolute Gasteiger partial charge is 0.446 e. The Morgan fingerprint density at radius 1 is 0.886 bits per heavy atom. The molecule has 6 fully saturated rings. The summed E-state index contributed by atoms with van der Waals surface area (Å²) in [7, 11) is 0. The zero-order valence-electron chi connectivity index (χ0n) is 21.7. The Morgan fingerprint density at radius 2 is 1.74 bits per heavy atom. The Balaban J connectivity index is 1.14. The van der Waals surface area contributed by atoms with Gasteiger partial charge in [0.05, 0.1) is 12.1 Å². The quantitative estimate of drug-likeness (QED) is 0.638. The van der Waals surface area contributed by atoms with Crippen LogP contribution >= 0.6 is 0 Å². The van der Waals surface area contributed by atoms with Gasteiger partial charge in [-0.2, -0.15) is 0 Å². The van der Waals surface area contributed by atoms with E-state index >= 15 is 0 Å². The van der Waals surface area contributed by atoms with Gasteiger partial charge in [-0.15, -0.1) is 0 Å². The van der Waals surface area contributed by atoms with Crippen molar-refractivity contribution >= 4 is 12.0 Å². The van der Waals surface area contributed by atoms with Gasteiger partial charge in [-0.25, -0.2) is 9.80 Å². The van der Waals surface area contributed by atoms with Crippen LogP contribution in [0.4, 0.5) is 4.79 Å². The van der Waals surface area contributed by atoms with Crippen molar-refractivity contribution in [3.05, 3.63) is 0 Å². The lowest BCUT2D eigenvalue weighted by Crippen LogP contribution is -2.67. The predicted molar refractivity (Wildman–Crippen MR) is 133 cm³/mol. The molecule has 6 rings (SSSR count). The number of piperazine rings is 1. The zero-order chi connectivity index (χ0) is 24.1. The lowest BCUT2D eigenvalue weighted by atomic mass is 9.73. The van der Waals surface area contributed by atoms with Gasteiger partial charge in [0.25, 0.3) is 0 Å². The van der Waals surface area contributed by atoms with E-state index in [1.54, 1.807) is 6.92 Å². The van der Waals surface area contributed by atoms with Crippen LogP contribution in [-0.4, -0.2) is 89.3 Å². The van der Waals surface area contributed by atoms with Crippen LogP contribution < -0.4 is 10.7 Å². The fourth-order valence-corrected chi connectivity index (χ4v) is 8.21. The third-order valence-corrected chi connectivity index (χ3v) is 10.1. The van der Waals surface area contributed by atoms with Crippen molar-refractivity contribution in [3.63, 3.8) is 0 Å². The minimum absolute atomic E-state index is 0.0359. The minimum Gasteiger partial charge on any atom is -0.446 e. The van der Waals surface area contributed by atoms with Crippen LogP contribution in [-0.2, 0) is 9.53 Å². The second-order valence-corrected chi connectivity index (χ2v) is 12.4. The van der Waals surface area contributed by atoms with Crippen molar-refractivity contribution in [2.45, 2.75) is 114 Å². The lowest BCUT2D eigenvalue weighted by molar-refractivity contribution is -0.142. The molecular formula is C27H45N5O3. The van der Waals surface area contributed by atoms with Crippen LogP contribution in [0.15, 0.2) is 0 Å². The van der Waals surface area contributed by atoms with E-state index in [4.69, 9.17) is 4.74 Å². The normalized spacial score (nSPS) is 42.3. The number of rotatable bonds is 3. The fraction of sp³-hybridized carbons (Fsp3) is 0.926. The summed E-state index contributed by atoms with van der Waals surface area (Å²) in [6.45, 7) is 7.68. The molecule has 8 atom stereocenters. The number of amides is 2. The van der Waals surface area contributed by atoms with Crippen molar-refractivity contribution in [2.75, 3.05) is 26.2 Å². The molecule has 3 saturated heterocycles.